The fourth-order valence-corrected chi connectivity index (χ4v) is 2.27. The zero-order chi connectivity index (χ0) is 11.5. The van der Waals surface area contributed by atoms with Gasteiger partial charge in [0.1, 0.15) is 5.75 Å². The lowest BCUT2D eigenvalue weighted by Crippen LogP contribution is -2.11. The van der Waals surface area contributed by atoms with Crippen molar-refractivity contribution in [3.63, 3.8) is 0 Å². The molecule has 0 fully saturated rings. The van der Waals surface area contributed by atoms with Crippen LogP contribution < -0.4 is 10.5 Å². The summed E-state index contributed by atoms with van der Waals surface area (Å²) in [6.07, 6.45) is 1.80. The molecule has 4 heteroatoms. The van der Waals surface area contributed by atoms with Crippen LogP contribution in [0.5, 0.6) is 5.75 Å². The molecule has 0 aliphatic carbocycles. The quantitative estimate of drug-likeness (QED) is 0.887. The lowest BCUT2D eigenvalue weighted by Gasteiger charge is -2.14. The summed E-state index contributed by atoms with van der Waals surface area (Å²) in [4.78, 5) is 5.09. The number of rotatable bonds is 3. The maximum absolute atomic E-state index is 6.20. The van der Waals surface area contributed by atoms with E-state index in [4.69, 9.17) is 10.5 Å². The van der Waals surface area contributed by atoms with Crippen molar-refractivity contribution in [2.24, 2.45) is 5.73 Å². The van der Waals surface area contributed by atoms with Gasteiger partial charge in [-0.25, -0.2) is 0 Å². The Kier molecular flexibility index (Phi) is 3.22. The summed E-state index contributed by atoms with van der Waals surface area (Å²) in [7, 11) is 1.66. The molecule has 0 aliphatic rings. The molecule has 16 heavy (non-hydrogen) atoms. The standard InChI is InChI=1S/C12H14N2OS/c1-8-3-4-10(15-2)9(5-8)12(13)11-6-14-7-16-11/h3-7,12H,13H2,1-2H3. The van der Waals surface area contributed by atoms with E-state index in [1.807, 2.05) is 19.1 Å². The molecule has 1 heterocycles. The first-order chi connectivity index (χ1) is 7.72. The Bertz CT molecular complexity index is 468. The van der Waals surface area contributed by atoms with Gasteiger partial charge in [0, 0.05) is 16.6 Å². The van der Waals surface area contributed by atoms with E-state index in [9.17, 15) is 0 Å². The number of nitrogens with two attached hydrogens (primary N) is 1. The van der Waals surface area contributed by atoms with Gasteiger partial charge in [0.15, 0.2) is 0 Å². The molecule has 2 aromatic rings. The molecule has 2 N–H and O–H groups in total. The van der Waals surface area contributed by atoms with Gasteiger partial charge in [0.2, 0.25) is 0 Å². The molecule has 0 amide bonds. The van der Waals surface area contributed by atoms with Crippen LogP contribution in [0.2, 0.25) is 0 Å². The average molecular weight is 234 g/mol. The van der Waals surface area contributed by atoms with E-state index < -0.39 is 0 Å². The highest BCUT2D eigenvalue weighted by Gasteiger charge is 2.15. The lowest BCUT2D eigenvalue weighted by molar-refractivity contribution is 0.408. The van der Waals surface area contributed by atoms with Gasteiger partial charge in [0.25, 0.3) is 0 Å². The summed E-state index contributed by atoms with van der Waals surface area (Å²) in [6, 6.07) is 5.86. The Morgan fingerprint density at radius 3 is 2.88 bits per heavy atom. The van der Waals surface area contributed by atoms with Gasteiger partial charge in [-0.05, 0) is 13.0 Å². The maximum atomic E-state index is 6.20. The fourth-order valence-electron chi connectivity index (χ4n) is 1.63. The number of aryl methyl sites for hydroxylation is 1. The summed E-state index contributed by atoms with van der Waals surface area (Å²) in [5, 5.41) is 0. The molecule has 84 valence electrons. The van der Waals surface area contributed by atoms with Gasteiger partial charge in [-0.15, -0.1) is 11.3 Å². The number of thiazole rings is 1. The second kappa shape index (κ2) is 4.63. The Labute approximate surface area is 98.9 Å². The van der Waals surface area contributed by atoms with Crippen molar-refractivity contribution in [3.8, 4) is 5.75 Å². The highest BCUT2D eigenvalue weighted by molar-refractivity contribution is 7.09. The zero-order valence-electron chi connectivity index (χ0n) is 9.31. The number of methoxy groups -OCH3 is 1. The first-order valence-corrected chi connectivity index (χ1v) is 5.89. The topological polar surface area (TPSA) is 48.1 Å². The largest absolute Gasteiger partial charge is 0.496 e. The van der Waals surface area contributed by atoms with Crippen LogP contribution in [0.15, 0.2) is 29.9 Å². The van der Waals surface area contributed by atoms with Crippen molar-refractivity contribution in [1.29, 1.82) is 0 Å². The van der Waals surface area contributed by atoms with E-state index in [1.165, 1.54) is 5.56 Å². The third-order valence-corrected chi connectivity index (χ3v) is 3.34. The van der Waals surface area contributed by atoms with E-state index >= 15 is 0 Å². The molecule has 0 radical (unpaired) electrons. The number of hydrogen-bond donors (Lipinski definition) is 1. The molecule has 1 aromatic carbocycles. The van der Waals surface area contributed by atoms with E-state index in [0.29, 0.717) is 0 Å². The number of ether oxygens (including phenoxy) is 1. The molecular weight excluding hydrogens is 220 g/mol. The third kappa shape index (κ3) is 2.08. The highest BCUT2D eigenvalue weighted by Crippen LogP contribution is 2.30. The minimum atomic E-state index is -0.164. The van der Waals surface area contributed by atoms with Gasteiger partial charge in [0.05, 0.1) is 18.7 Å². The Hall–Kier alpha value is -1.39. The van der Waals surface area contributed by atoms with Gasteiger partial charge in [-0.1, -0.05) is 17.7 Å². The summed E-state index contributed by atoms with van der Waals surface area (Å²) in [5.41, 5.74) is 10.2. The van der Waals surface area contributed by atoms with Crippen LogP contribution in [0.3, 0.4) is 0 Å². The van der Waals surface area contributed by atoms with Crippen LogP contribution in [0, 0.1) is 6.92 Å². The van der Waals surface area contributed by atoms with E-state index in [2.05, 4.69) is 11.1 Å². The van der Waals surface area contributed by atoms with Crippen LogP contribution in [-0.4, -0.2) is 12.1 Å². The van der Waals surface area contributed by atoms with Crippen molar-refractivity contribution in [3.05, 3.63) is 45.9 Å². The molecule has 0 saturated heterocycles. The molecule has 1 unspecified atom stereocenters. The fraction of sp³-hybridized carbons (Fsp3) is 0.250. The second-order valence-electron chi connectivity index (χ2n) is 3.63. The predicted octanol–water partition coefficient (Wildman–Crippen LogP) is 2.51. The van der Waals surface area contributed by atoms with Crippen molar-refractivity contribution in [1.82, 2.24) is 4.98 Å². The van der Waals surface area contributed by atoms with Crippen LogP contribution in [0.25, 0.3) is 0 Å². The zero-order valence-corrected chi connectivity index (χ0v) is 10.1. The molecule has 0 bridgehead atoms. The minimum Gasteiger partial charge on any atom is -0.496 e. The maximum Gasteiger partial charge on any atom is 0.124 e. The molecule has 0 aliphatic heterocycles. The van der Waals surface area contributed by atoms with Crippen molar-refractivity contribution in [2.45, 2.75) is 13.0 Å². The normalized spacial score (nSPS) is 12.4. The molecule has 1 aromatic heterocycles. The first-order valence-electron chi connectivity index (χ1n) is 5.01. The van der Waals surface area contributed by atoms with Gasteiger partial charge in [-0.3, -0.25) is 4.98 Å². The number of nitrogens with zero attached hydrogens (tertiary/aromatic N) is 1. The molecule has 3 nitrogen and oxygen atoms in total. The number of hydrogen-bond acceptors (Lipinski definition) is 4. The Balaban J connectivity index is 2.42. The first kappa shape index (κ1) is 11.1. The number of benzene rings is 1. The summed E-state index contributed by atoms with van der Waals surface area (Å²) >= 11 is 1.56. The predicted molar refractivity (Wildman–Crippen MR) is 65.9 cm³/mol. The smallest absolute Gasteiger partial charge is 0.124 e. The third-order valence-electron chi connectivity index (χ3n) is 2.48. The molecular formula is C12H14N2OS. The summed E-state index contributed by atoms with van der Waals surface area (Å²) in [6.45, 7) is 2.04. The molecule has 1 atom stereocenters. The molecule has 2 rings (SSSR count). The van der Waals surface area contributed by atoms with Gasteiger partial charge >= 0.3 is 0 Å². The SMILES string of the molecule is COc1ccc(C)cc1C(N)c1cncs1. The van der Waals surface area contributed by atoms with Gasteiger partial charge < -0.3 is 10.5 Å². The highest BCUT2D eigenvalue weighted by atomic mass is 32.1. The average Bonchev–Trinajstić information content (AvgIpc) is 2.81. The Morgan fingerprint density at radius 2 is 2.25 bits per heavy atom. The lowest BCUT2D eigenvalue weighted by atomic mass is 10.0. The molecule has 0 saturated carbocycles. The number of aromatic nitrogens is 1. The minimum absolute atomic E-state index is 0.164. The Morgan fingerprint density at radius 1 is 1.44 bits per heavy atom. The second-order valence-corrected chi connectivity index (χ2v) is 4.54. The summed E-state index contributed by atoms with van der Waals surface area (Å²) in [5.74, 6) is 0.825. The van der Waals surface area contributed by atoms with Crippen LogP contribution >= 0.6 is 11.3 Å². The monoisotopic (exact) mass is 234 g/mol. The van der Waals surface area contributed by atoms with Crippen molar-refractivity contribution >= 4 is 11.3 Å². The van der Waals surface area contributed by atoms with E-state index in [1.54, 1.807) is 30.2 Å². The summed E-state index contributed by atoms with van der Waals surface area (Å²) < 4.78 is 5.32. The van der Waals surface area contributed by atoms with E-state index in [-0.39, 0.29) is 6.04 Å². The van der Waals surface area contributed by atoms with E-state index in [0.717, 1.165) is 16.2 Å². The van der Waals surface area contributed by atoms with Crippen LogP contribution in [0.4, 0.5) is 0 Å². The van der Waals surface area contributed by atoms with Crippen molar-refractivity contribution in [2.75, 3.05) is 7.11 Å². The van der Waals surface area contributed by atoms with Gasteiger partial charge in [-0.2, -0.15) is 0 Å². The van der Waals surface area contributed by atoms with Crippen LogP contribution in [0.1, 0.15) is 22.0 Å². The molecule has 0 spiro atoms. The van der Waals surface area contributed by atoms with Crippen LogP contribution in [-0.2, 0) is 0 Å². The van der Waals surface area contributed by atoms with Crippen molar-refractivity contribution < 1.29 is 4.74 Å².